The molecule has 2 rings (SSSR count). The Kier molecular flexibility index (Phi) is 5.14. The van der Waals surface area contributed by atoms with Gasteiger partial charge in [-0.25, -0.2) is 8.78 Å². The maximum absolute atomic E-state index is 13.5. The van der Waals surface area contributed by atoms with Crippen molar-refractivity contribution in [3.05, 3.63) is 57.5 Å². The fourth-order valence-electron chi connectivity index (χ4n) is 1.51. The van der Waals surface area contributed by atoms with Crippen LogP contribution in [0.25, 0.3) is 0 Å². The maximum atomic E-state index is 13.5. The fourth-order valence-corrected chi connectivity index (χ4v) is 2.14. The smallest absolute Gasteiger partial charge is 0.262 e. The van der Waals surface area contributed by atoms with E-state index in [1.165, 1.54) is 30.3 Å². The van der Waals surface area contributed by atoms with Gasteiger partial charge in [-0.05, 0) is 52.3 Å². The zero-order valence-electron chi connectivity index (χ0n) is 10.5. The highest BCUT2D eigenvalue weighted by molar-refractivity contribution is 9.10. The summed E-state index contributed by atoms with van der Waals surface area (Å²) in [5, 5.41) is 2.58. The molecule has 0 aliphatic heterocycles. The molecule has 0 heterocycles. The molecule has 0 unspecified atom stereocenters. The molecule has 0 aliphatic carbocycles. The van der Waals surface area contributed by atoms with Crippen molar-refractivity contribution in [2.24, 2.45) is 0 Å². The lowest BCUT2D eigenvalue weighted by molar-refractivity contribution is -0.118. The van der Waals surface area contributed by atoms with Gasteiger partial charge in [0.1, 0.15) is 17.4 Å². The van der Waals surface area contributed by atoms with Crippen LogP contribution in [0.4, 0.5) is 14.5 Å². The molecule has 0 bridgehead atoms. The molecular weight excluding hydrogens is 368 g/mol. The van der Waals surface area contributed by atoms with E-state index in [4.69, 9.17) is 16.3 Å². The molecule has 7 heteroatoms. The van der Waals surface area contributed by atoms with Crippen molar-refractivity contribution in [3.63, 3.8) is 0 Å². The Balaban J connectivity index is 1.96. The molecular formula is C14H9BrClF2NO2. The lowest BCUT2D eigenvalue weighted by atomic mass is 10.3. The van der Waals surface area contributed by atoms with E-state index in [0.717, 1.165) is 6.07 Å². The molecule has 21 heavy (non-hydrogen) atoms. The van der Waals surface area contributed by atoms with Gasteiger partial charge in [0.2, 0.25) is 0 Å². The Morgan fingerprint density at radius 1 is 1.24 bits per heavy atom. The molecule has 1 amide bonds. The second kappa shape index (κ2) is 6.87. The maximum Gasteiger partial charge on any atom is 0.262 e. The van der Waals surface area contributed by atoms with Gasteiger partial charge in [0.15, 0.2) is 6.61 Å². The second-order valence-electron chi connectivity index (χ2n) is 4.04. The number of benzene rings is 2. The molecule has 0 atom stereocenters. The molecule has 0 radical (unpaired) electrons. The summed E-state index contributed by atoms with van der Waals surface area (Å²) in [6, 6.07) is 7.70. The van der Waals surface area contributed by atoms with Gasteiger partial charge in [0.25, 0.3) is 5.91 Å². The standard InChI is InChI=1S/C14H9BrClF2NO2/c15-10-6-9(17)2-4-13(10)21-7-14(20)19-12-3-1-8(16)5-11(12)18/h1-6H,7H2,(H,19,20). The highest BCUT2D eigenvalue weighted by Gasteiger charge is 2.10. The quantitative estimate of drug-likeness (QED) is 0.859. The Morgan fingerprint density at radius 3 is 2.67 bits per heavy atom. The zero-order valence-corrected chi connectivity index (χ0v) is 12.8. The number of anilines is 1. The first-order valence-corrected chi connectivity index (χ1v) is 6.95. The van der Waals surface area contributed by atoms with Crippen molar-refractivity contribution >= 4 is 39.1 Å². The van der Waals surface area contributed by atoms with Gasteiger partial charge in [-0.15, -0.1) is 0 Å². The Labute approximate surface area is 133 Å². The Morgan fingerprint density at radius 2 is 2.00 bits per heavy atom. The van der Waals surface area contributed by atoms with Crippen LogP contribution in [-0.4, -0.2) is 12.5 Å². The summed E-state index contributed by atoms with van der Waals surface area (Å²) in [6.07, 6.45) is 0. The van der Waals surface area contributed by atoms with Crippen molar-refractivity contribution < 1.29 is 18.3 Å². The van der Waals surface area contributed by atoms with Crippen LogP contribution in [0.1, 0.15) is 0 Å². The highest BCUT2D eigenvalue weighted by atomic mass is 79.9. The molecule has 0 aliphatic rings. The molecule has 2 aromatic rings. The van der Waals surface area contributed by atoms with Gasteiger partial charge < -0.3 is 10.1 Å². The van der Waals surface area contributed by atoms with Gasteiger partial charge in [-0.2, -0.15) is 0 Å². The number of carbonyl (C=O) groups excluding carboxylic acids is 1. The number of rotatable bonds is 4. The second-order valence-corrected chi connectivity index (χ2v) is 5.33. The SMILES string of the molecule is O=C(COc1ccc(F)cc1Br)Nc1ccc(Cl)cc1F. The van der Waals surface area contributed by atoms with Gasteiger partial charge >= 0.3 is 0 Å². The summed E-state index contributed by atoms with van der Waals surface area (Å²) in [6.45, 7) is -0.341. The van der Waals surface area contributed by atoms with Crippen LogP contribution >= 0.6 is 27.5 Å². The fraction of sp³-hybridized carbons (Fsp3) is 0.0714. The summed E-state index contributed by atoms with van der Waals surface area (Å²) in [7, 11) is 0. The first kappa shape index (κ1) is 15.7. The van der Waals surface area contributed by atoms with Crippen LogP contribution in [0.3, 0.4) is 0 Å². The monoisotopic (exact) mass is 375 g/mol. The number of amides is 1. The van der Waals surface area contributed by atoms with Crippen molar-refractivity contribution in [1.82, 2.24) is 0 Å². The van der Waals surface area contributed by atoms with Crippen LogP contribution in [0.15, 0.2) is 40.9 Å². The minimum atomic E-state index is -0.640. The minimum absolute atomic E-state index is 0.00571. The molecule has 2 aromatic carbocycles. The van der Waals surface area contributed by atoms with Crippen molar-refractivity contribution in [3.8, 4) is 5.75 Å². The lowest BCUT2D eigenvalue weighted by Gasteiger charge is -2.09. The van der Waals surface area contributed by atoms with E-state index >= 15 is 0 Å². The Bertz CT molecular complexity index is 682. The van der Waals surface area contributed by atoms with E-state index in [9.17, 15) is 13.6 Å². The van der Waals surface area contributed by atoms with Crippen LogP contribution in [0.5, 0.6) is 5.75 Å². The summed E-state index contributed by atoms with van der Waals surface area (Å²) in [4.78, 5) is 11.7. The third-order valence-electron chi connectivity index (χ3n) is 2.46. The van der Waals surface area contributed by atoms with E-state index in [1.807, 2.05) is 0 Å². The van der Waals surface area contributed by atoms with E-state index in [0.29, 0.717) is 10.2 Å². The average Bonchev–Trinajstić information content (AvgIpc) is 2.41. The van der Waals surface area contributed by atoms with Gasteiger partial charge in [-0.1, -0.05) is 11.6 Å². The number of hydrogen-bond donors (Lipinski definition) is 1. The molecule has 0 saturated heterocycles. The average molecular weight is 377 g/mol. The first-order chi connectivity index (χ1) is 9.95. The van der Waals surface area contributed by atoms with Crippen molar-refractivity contribution in [2.45, 2.75) is 0 Å². The summed E-state index contributed by atoms with van der Waals surface area (Å²) >= 11 is 8.72. The normalized spacial score (nSPS) is 10.3. The molecule has 0 aromatic heterocycles. The summed E-state index contributed by atoms with van der Waals surface area (Å²) in [5.74, 6) is -1.31. The third-order valence-corrected chi connectivity index (χ3v) is 3.31. The van der Waals surface area contributed by atoms with Crippen LogP contribution in [0.2, 0.25) is 5.02 Å². The number of hydrogen-bond acceptors (Lipinski definition) is 2. The predicted octanol–water partition coefficient (Wildman–Crippen LogP) is 4.40. The van der Waals surface area contributed by atoms with E-state index < -0.39 is 17.5 Å². The molecule has 1 N–H and O–H groups in total. The predicted molar refractivity (Wildman–Crippen MR) is 79.6 cm³/mol. The first-order valence-electron chi connectivity index (χ1n) is 5.78. The number of carbonyl (C=O) groups is 1. The van der Waals surface area contributed by atoms with Gasteiger partial charge in [-0.3, -0.25) is 4.79 Å². The molecule has 110 valence electrons. The van der Waals surface area contributed by atoms with Gasteiger partial charge in [0, 0.05) is 5.02 Å². The number of ether oxygens (including phenoxy) is 1. The molecule has 0 fully saturated rings. The minimum Gasteiger partial charge on any atom is -0.483 e. The van der Waals surface area contributed by atoms with Crippen molar-refractivity contribution in [2.75, 3.05) is 11.9 Å². The van der Waals surface area contributed by atoms with Crippen LogP contribution in [0, 0.1) is 11.6 Å². The Hall–Kier alpha value is -1.66. The summed E-state index contributed by atoms with van der Waals surface area (Å²) in [5.41, 5.74) is 0.00571. The molecule has 0 saturated carbocycles. The molecule has 3 nitrogen and oxygen atoms in total. The lowest BCUT2D eigenvalue weighted by Crippen LogP contribution is -2.20. The van der Waals surface area contributed by atoms with E-state index in [1.54, 1.807) is 0 Å². The van der Waals surface area contributed by atoms with E-state index in [2.05, 4.69) is 21.2 Å². The van der Waals surface area contributed by atoms with Gasteiger partial charge in [0.05, 0.1) is 10.2 Å². The van der Waals surface area contributed by atoms with Crippen LogP contribution < -0.4 is 10.1 Å². The summed E-state index contributed by atoms with van der Waals surface area (Å²) < 4.78 is 32.0. The van der Waals surface area contributed by atoms with Crippen molar-refractivity contribution in [1.29, 1.82) is 0 Å². The number of nitrogens with one attached hydrogen (secondary N) is 1. The largest absolute Gasteiger partial charge is 0.483 e. The van der Waals surface area contributed by atoms with E-state index in [-0.39, 0.29) is 17.3 Å². The number of halogens is 4. The molecule has 0 spiro atoms. The zero-order chi connectivity index (χ0) is 15.4. The highest BCUT2D eigenvalue weighted by Crippen LogP contribution is 2.25. The topological polar surface area (TPSA) is 38.3 Å². The van der Waals surface area contributed by atoms with Crippen LogP contribution in [-0.2, 0) is 4.79 Å². The third kappa shape index (κ3) is 4.41.